The van der Waals surface area contributed by atoms with Crippen molar-refractivity contribution in [2.24, 2.45) is 0 Å². The van der Waals surface area contributed by atoms with Gasteiger partial charge in [0.05, 0.1) is 10.2 Å². The molecule has 19 heavy (non-hydrogen) atoms. The first-order valence-electron chi connectivity index (χ1n) is 5.70. The van der Waals surface area contributed by atoms with Gasteiger partial charge in [-0.05, 0) is 54.1 Å². The fourth-order valence-electron chi connectivity index (χ4n) is 1.39. The number of halogens is 2. The molecule has 0 aliphatic heterocycles. The minimum absolute atomic E-state index is 0.213. The van der Waals surface area contributed by atoms with Gasteiger partial charge in [-0.25, -0.2) is 4.39 Å². The fourth-order valence-corrected chi connectivity index (χ4v) is 2.71. The molecule has 0 amide bonds. The lowest BCUT2D eigenvalue weighted by Gasteiger charge is -2.18. The molecule has 2 N–H and O–H groups in total. The van der Waals surface area contributed by atoms with Crippen molar-refractivity contribution >= 4 is 31.8 Å². The minimum Gasteiger partial charge on any atom is -0.320 e. The highest BCUT2D eigenvalue weighted by molar-refractivity contribution is 9.10. The summed E-state index contributed by atoms with van der Waals surface area (Å²) in [5.41, 5.74) is 0.314. The molecule has 1 aromatic rings. The third-order valence-corrected chi connectivity index (χ3v) is 4.58. The van der Waals surface area contributed by atoms with Gasteiger partial charge in [0.15, 0.2) is 0 Å². The molecule has 0 radical (unpaired) electrons. The van der Waals surface area contributed by atoms with Gasteiger partial charge in [-0.15, -0.1) is 0 Å². The van der Waals surface area contributed by atoms with E-state index in [0.29, 0.717) is 18.7 Å². The van der Waals surface area contributed by atoms with E-state index >= 15 is 0 Å². The van der Waals surface area contributed by atoms with Crippen LogP contribution in [0.4, 0.5) is 10.1 Å². The summed E-state index contributed by atoms with van der Waals surface area (Å²) in [7, 11) is -0.306. The highest BCUT2D eigenvalue weighted by Crippen LogP contribution is 2.21. The SMILES string of the molecule is CNCCCN(C)S(=O)(=O)Nc1ccc(F)c(Br)c1. The van der Waals surface area contributed by atoms with Crippen LogP contribution >= 0.6 is 15.9 Å². The van der Waals surface area contributed by atoms with Gasteiger partial charge in [0.1, 0.15) is 5.82 Å². The Morgan fingerprint density at radius 1 is 1.42 bits per heavy atom. The van der Waals surface area contributed by atoms with Crippen molar-refractivity contribution in [3.8, 4) is 0 Å². The quantitative estimate of drug-likeness (QED) is 0.734. The van der Waals surface area contributed by atoms with Gasteiger partial charge in [0.2, 0.25) is 0 Å². The second-order valence-electron chi connectivity index (χ2n) is 4.01. The van der Waals surface area contributed by atoms with Crippen LogP contribution in [-0.4, -0.2) is 39.9 Å². The molecule has 0 unspecified atom stereocenters. The average molecular weight is 354 g/mol. The number of hydrogen-bond acceptors (Lipinski definition) is 3. The zero-order chi connectivity index (χ0) is 14.5. The van der Waals surface area contributed by atoms with E-state index in [4.69, 9.17) is 0 Å². The van der Waals surface area contributed by atoms with Gasteiger partial charge < -0.3 is 5.32 Å². The maximum Gasteiger partial charge on any atom is 0.301 e. The average Bonchev–Trinajstić information content (AvgIpc) is 2.33. The number of nitrogens with one attached hydrogen (secondary N) is 2. The third-order valence-electron chi connectivity index (χ3n) is 2.48. The summed E-state index contributed by atoms with van der Waals surface area (Å²) in [6, 6.07) is 3.95. The van der Waals surface area contributed by atoms with Crippen LogP contribution in [0.3, 0.4) is 0 Å². The Kier molecular flexibility index (Phi) is 6.18. The van der Waals surface area contributed by atoms with Crippen LogP contribution in [0.5, 0.6) is 0 Å². The van der Waals surface area contributed by atoms with E-state index < -0.39 is 16.0 Å². The summed E-state index contributed by atoms with van der Waals surface area (Å²) in [6.45, 7) is 1.14. The third kappa shape index (κ3) is 5.06. The maximum atomic E-state index is 13.1. The topological polar surface area (TPSA) is 61.4 Å². The lowest BCUT2D eigenvalue weighted by atomic mass is 10.3. The summed E-state index contributed by atoms with van der Waals surface area (Å²) >= 11 is 3.01. The summed E-state index contributed by atoms with van der Waals surface area (Å²) in [5, 5.41) is 2.95. The number of hydrogen-bond donors (Lipinski definition) is 2. The lowest BCUT2D eigenvalue weighted by Crippen LogP contribution is -2.34. The summed E-state index contributed by atoms with van der Waals surface area (Å²) in [6.07, 6.45) is 0.709. The van der Waals surface area contributed by atoms with E-state index in [0.717, 1.165) is 6.54 Å². The van der Waals surface area contributed by atoms with Crippen molar-refractivity contribution in [2.75, 3.05) is 31.9 Å². The largest absolute Gasteiger partial charge is 0.320 e. The van der Waals surface area contributed by atoms with Crippen molar-refractivity contribution in [1.29, 1.82) is 0 Å². The predicted octanol–water partition coefficient (Wildman–Crippen LogP) is 1.79. The van der Waals surface area contributed by atoms with Crippen LogP contribution in [0.1, 0.15) is 6.42 Å². The Bertz CT molecular complexity index is 525. The fraction of sp³-hybridized carbons (Fsp3) is 0.455. The predicted molar refractivity (Wildman–Crippen MR) is 77.8 cm³/mol. The molecule has 108 valence electrons. The molecule has 0 bridgehead atoms. The highest BCUT2D eigenvalue weighted by Gasteiger charge is 2.17. The Hall–Kier alpha value is -0.700. The Morgan fingerprint density at radius 2 is 2.11 bits per heavy atom. The zero-order valence-electron chi connectivity index (χ0n) is 10.8. The Labute approximate surface area is 121 Å². The van der Waals surface area contributed by atoms with Gasteiger partial charge >= 0.3 is 10.2 Å². The molecule has 0 spiro atoms. The van der Waals surface area contributed by atoms with Gasteiger partial charge in [0.25, 0.3) is 0 Å². The first-order valence-corrected chi connectivity index (χ1v) is 7.94. The van der Waals surface area contributed by atoms with Crippen LogP contribution in [0.25, 0.3) is 0 Å². The van der Waals surface area contributed by atoms with Gasteiger partial charge in [-0.1, -0.05) is 0 Å². The second-order valence-corrected chi connectivity index (χ2v) is 6.65. The van der Waals surface area contributed by atoms with Crippen molar-refractivity contribution in [3.63, 3.8) is 0 Å². The standard InChI is InChI=1S/C11H17BrFN3O2S/c1-14-6-3-7-16(2)19(17,18)15-9-4-5-11(13)10(12)8-9/h4-5,8,14-15H,3,6-7H2,1-2H3. The minimum atomic E-state index is -3.61. The smallest absolute Gasteiger partial charge is 0.301 e. The van der Waals surface area contributed by atoms with Crippen molar-refractivity contribution < 1.29 is 12.8 Å². The Morgan fingerprint density at radius 3 is 2.68 bits per heavy atom. The van der Waals surface area contributed by atoms with Crippen LogP contribution in [0.2, 0.25) is 0 Å². The van der Waals surface area contributed by atoms with Gasteiger partial charge in [0, 0.05) is 13.6 Å². The van der Waals surface area contributed by atoms with Gasteiger partial charge in [-0.2, -0.15) is 12.7 Å². The molecular formula is C11H17BrFN3O2S. The van der Waals surface area contributed by atoms with Gasteiger partial charge in [-0.3, -0.25) is 4.72 Å². The van der Waals surface area contributed by atoms with E-state index in [-0.39, 0.29) is 4.47 Å². The molecule has 0 fully saturated rings. The molecule has 1 rings (SSSR count). The molecule has 5 nitrogen and oxygen atoms in total. The Balaban J connectivity index is 2.70. The molecule has 0 heterocycles. The number of benzene rings is 1. The van der Waals surface area contributed by atoms with E-state index in [1.165, 1.54) is 29.6 Å². The number of nitrogens with zero attached hydrogens (tertiary/aromatic N) is 1. The normalized spacial score (nSPS) is 11.8. The van der Waals surface area contributed by atoms with E-state index in [1.54, 1.807) is 0 Å². The first kappa shape index (κ1) is 16.4. The molecule has 0 saturated carbocycles. The molecule has 0 saturated heterocycles. The lowest BCUT2D eigenvalue weighted by molar-refractivity contribution is 0.462. The van der Waals surface area contributed by atoms with Crippen molar-refractivity contribution in [3.05, 3.63) is 28.5 Å². The molecule has 1 aromatic carbocycles. The molecule has 0 aromatic heterocycles. The van der Waals surface area contributed by atoms with E-state index in [1.807, 2.05) is 7.05 Å². The summed E-state index contributed by atoms with van der Waals surface area (Å²) < 4.78 is 40.8. The van der Waals surface area contributed by atoms with Crippen LogP contribution < -0.4 is 10.0 Å². The van der Waals surface area contributed by atoms with Crippen molar-refractivity contribution in [2.45, 2.75) is 6.42 Å². The summed E-state index contributed by atoms with van der Waals surface area (Å²) in [4.78, 5) is 0. The monoisotopic (exact) mass is 353 g/mol. The molecule has 0 aliphatic rings. The number of anilines is 1. The second kappa shape index (κ2) is 7.18. The van der Waals surface area contributed by atoms with E-state index in [2.05, 4.69) is 26.0 Å². The molecule has 0 atom stereocenters. The highest BCUT2D eigenvalue weighted by atomic mass is 79.9. The summed E-state index contributed by atoms with van der Waals surface area (Å²) in [5.74, 6) is -0.440. The van der Waals surface area contributed by atoms with Crippen LogP contribution in [0.15, 0.2) is 22.7 Å². The van der Waals surface area contributed by atoms with Crippen LogP contribution in [0, 0.1) is 5.82 Å². The maximum absolute atomic E-state index is 13.1. The number of rotatable bonds is 7. The van der Waals surface area contributed by atoms with E-state index in [9.17, 15) is 12.8 Å². The first-order chi connectivity index (χ1) is 8.86. The zero-order valence-corrected chi connectivity index (χ0v) is 13.2. The molecule has 8 heteroatoms. The molecule has 0 aliphatic carbocycles. The van der Waals surface area contributed by atoms with Crippen molar-refractivity contribution in [1.82, 2.24) is 9.62 Å². The van der Waals surface area contributed by atoms with Crippen LogP contribution in [-0.2, 0) is 10.2 Å². The molecular weight excluding hydrogens is 337 g/mol.